The normalized spacial score (nSPS) is 26.8. The van der Waals surface area contributed by atoms with E-state index in [1.54, 1.807) is 0 Å². The molecule has 0 aliphatic heterocycles. The molecule has 1 fully saturated rings. The van der Waals surface area contributed by atoms with Gasteiger partial charge in [-0.15, -0.1) is 0 Å². The van der Waals surface area contributed by atoms with Crippen molar-refractivity contribution in [3.63, 3.8) is 0 Å². The summed E-state index contributed by atoms with van der Waals surface area (Å²) >= 11 is 3.66. The zero-order chi connectivity index (χ0) is 10.1. The van der Waals surface area contributed by atoms with E-state index in [1.165, 1.54) is 34.9 Å². The van der Waals surface area contributed by atoms with E-state index in [9.17, 15) is 0 Å². The fourth-order valence-corrected chi connectivity index (χ4v) is 2.89. The first-order valence-electron chi connectivity index (χ1n) is 5.20. The van der Waals surface area contributed by atoms with Crippen molar-refractivity contribution in [2.45, 2.75) is 38.1 Å². The highest BCUT2D eigenvalue weighted by molar-refractivity contribution is 9.10. The second kappa shape index (κ2) is 4.03. The summed E-state index contributed by atoms with van der Waals surface area (Å²) in [4.78, 5) is 0. The fraction of sp³-hybridized carbons (Fsp3) is 0.500. The molecule has 14 heavy (non-hydrogen) atoms. The summed E-state index contributed by atoms with van der Waals surface area (Å²) in [5, 5.41) is 0. The number of nitrogens with two attached hydrogens (primary N) is 1. The van der Waals surface area contributed by atoms with Gasteiger partial charge < -0.3 is 5.73 Å². The minimum absolute atomic E-state index is 0.355. The lowest BCUT2D eigenvalue weighted by atomic mass is 9.93. The van der Waals surface area contributed by atoms with Crippen LogP contribution in [0.15, 0.2) is 22.7 Å². The summed E-state index contributed by atoms with van der Waals surface area (Å²) in [6.07, 6.45) is 3.68. The Labute approximate surface area is 93.8 Å². The highest BCUT2D eigenvalue weighted by atomic mass is 79.9. The third kappa shape index (κ3) is 1.73. The number of hydrogen-bond acceptors (Lipinski definition) is 1. The maximum absolute atomic E-state index is 6.11. The lowest BCUT2D eigenvalue weighted by molar-refractivity contribution is 0.610. The predicted octanol–water partition coefficient (Wildman–Crippen LogP) is 3.35. The van der Waals surface area contributed by atoms with Crippen LogP contribution in [0.5, 0.6) is 0 Å². The molecule has 0 amide bonds. The van der Waals surface area contributed by atoms with Crippen LogP contribution in [0.3, 0.4) is 0 Å². The van der Waals surface area contributed by atoms with Gasteiger partial charge in [0.05, 0.1) is 0 Å². The van der Waals surface area contributed by atoms with Gasteiger partial charge in [0, 0.05) is 16.4 Å². The molecule has 0 spiro atoms. The summed E-state index contributed by atoms with van der Waals surface area (Å²) in [5.74, 6) is 0.560. The minimum Gasteiger partial charge on any atom is -0.327 e. The van der Waals surface area contributed by atoms with E-state index in [-0.39, 0.29) is 0 Å². The van der Waals surface area contributed by atoms with Gasteiger partial charge in [0.25, 0.3) is 0 Å². The van der Waals surface area contributed by atoms with E-state index < -0.39 is 0 Å². The molecule has 1 aliphatic rings. The lowest BCUT2D eigenvalue weighted by Crippen LogP contribution is -2.23. The highest BCUT2D eigenvalue weighted by Gasteiger charge is 2.26. The third-order valence-electron chi connectivity index (χ3n) is 3.19. The summed E-state index contributed by atoms with van der Waals surface area (Å²) in [5.41, 5.74) is 8.81. The number of benzene rings is 1. The van der Waals surface area contributed by atoms with Crippen LogP contribution < -0.4 is 5.73 Å². The first-order valence-corrected chi connectivity index (χ1v) is 6.00. The Kier molecular flexibility index (Phi) is 2.93. The first-order chi connectivity index (χ1) is 6.70. The second-order valence-corrected chi connectivity index (χ2v) is 4.97. The summed E-state index contributed by atoms with van der Waals surface area (Å²) in [6.45, 7) is 2.13. The average Bonchev–Trinajstić information content (AvgIpc) is 2.57. The molecule has 1 aliphatic carbocycles. The molecule has 1 aromatic rings. The molecule has 2 N–H and O–H groups in total. The van der Waals surface area contributed by atoms with Gasteiger partial charge in [-0.2, -0.15) is 0 Å². The van der Waals surface area contributed by atoms with Gasteiger partial charge in [-0.05, 0) is 30.9 Å². The third-order valence-corrected chi connectivity index (χ3v) is 4.27. The van der Waals surface area contributed by atoms with Gasteiger partial charge in [-0.3, -0.25) is 0 Å². The fourth-order valence-electron chi connectivity index (χ4n) is 2.33. The largest absolute Gasteiger partial charge is 0.327 e. The van der Waals surface area contributed by atoms with E-state index in [0.29, 0.717) is 12.0 Å². The van der Waals surface area contributed by atoms with Crippen LogP contribution in [0, 0.1) is 6.92 Å². The molecule has 2 heteroatoms. The number of halogens is 1. The van der Waals surface area contributed by atoms with Crippen LogP contribution >= 0.6 is 15.9 Å². The van der Waals surface area contributed by atoms with Gasteiger partial charge in [-0.1, -0.05) is 40.5 Å². The van der Waals surface area contributed by atoms with Crippen molar-refractivity contribution in [3.8, 4) is 0 Å². The molecule has 0 aromatic heterocycles. The molecule has 1 saturated carbocycles. The van der Waals surface area contributed by atoms with Crippen LogP contribution in [0.1, 0.15) is 36.3 Å². The molecule has 0 saturated heterocycles. The van der Waals surface area contributed by atoms with Crippen molar-refractivity contribution < 1.29 is 0 Å². The average molecular weight is 254 g/mol. The Bertz CT molecular complexity index is 335. The van der Waals surface area contributed by atoms with Crippen molar-refractivity contribution in [1.82, 2.24) is 0 Å². The molecular weight excluding hydrogens is 238 g/mol. The van der Waals surface area contributed by atoms with Crippen molar-refractivity contribution >= 4 is 15.9 Å². The van der Waals surface area contributed by atoms with Crippen LogP contribution in [0.2, 0.25) is 0 Å². The molecule has 76 valence electrons. The number of aryl methyl sites for hydroxylation is 1. The lowest BCUT2D eigenvalue weighted by Gasteiger charge is -2.18. The molecule has 1 aromatic carbocycles. The predicted molar refractivity (Wildman–Crippen MR) is 63.4 cm³/mol. The second-order valence-electron chi connectivity index (χ2n) is 4.18. The highest BCUT2D eigenvalue weighted by Crippen LogP contribution is 2.37. The van der Waals surface area contributed by atoms with E-state index in [2.05, 4.69) is 41.1 Å². The molecule has 2 unspecified atom stereocenters. The summed E-state index contributed by atoms with van der Waals surface area (Å²) < 4.78 is 1.25. The Morgan fingerprint density at radius 1 is 1.36 bits per heavy atom. The SMILES string of the molecule is Cc1cccc(C2CCCC2N)c1Br. The van der Waals surface area contributed by atoms with Crippen molar-refractivity contribution in [1.29, 1.82) is 0 Å². The molecule has 1 nitrogen and oxygen atoms in total. The number of hydrogen-bond donors (Lipinski definition) is 1. The van der Waals surface area contributed by atoms with Crippen LogP contribution in [0.25, 0.3) is 0 Å². The van der Waals surface area contributed by atoms with Gasteiger partial charge in [-0.25, -0.2) is 0 Å². The Hall–Kier alpha value is -0.340. The topological polar surface area (TPSA) is 26.0 Å². The van der Waals surface area contributed by atoms with E-state index >= 15 is 0 Å². The standard InChI is InChI=1S/C12H16BrN/c1-8-4-2-6-10(12(8)13)9-5-3-7-11(9)14/h2,4,6,9,11H,3,5,7,14H2,1H3. The Morgan fingerprint density at radius 3 is 2.79 bits per heavy atom. The molecule has 2 rings (SSSR count). The number of rotatable bonds is 1. The van der Waals surface area contributed by atoms with Gasteiger partial charge in [0.15, 0.2) is 0 Å². The smallest absolute Gasteiger partial charge is 0.0239 e. The molecule has 0 bridgehead atoms. The zero-order valence-electron chi connectivity index (χ0n) is 8.46. The van der Waals surface area contributed by atoms with Crippen LogP contribution in [-0.4, -0.2) is 6.04 Å². The van der Waals surface area contributed by atoms with Gasteiger partial charge in [0.2, 0.25) is 0 Å². The summed E-state index contributed by atoms with van der Waals surface area (Å²) in [6, 6.07) is 6.81. The Balaban J connectivity index is 2.36. The van der Waals surface area contributed by atoms with Crippen molar-refractivity contribution in [2.75, 3.05) is 0 Å². The van der Waals surface area contributed by atoms with E-state index in [1.807, 2.05) is 0 Å². The van der Waals surface area contributed by atoms with Crippen molar-refractivity contribution in [2.24, 2.45) is 5.73 Å². The first kappa shape index (κ1) is 10.2. The van der Waals surface area contributed by atoms with Gasteiger partial charge in [0.1, 0.15) is 0 Å². The maximum atomic E-state index is 6.11. The molecular formula is C12H16BrN. The summed E-state index contributed by atoms with van der Waals surface area (Å²) in [7, 11) is 0. The van der Waals surface area contributed by atoms with Crippen molar-refractivity contribution in [3.05, 3.63) is 33.8 Å². The maximum Gasteiger partial charge on any atom is 0.0239 e. The molecule has 0 radical (unpaired) electrons. The van der Waals surface area contributed by atoms with Crippen LogP contribution in [-0.2, 0) is 0 Å². The quantitative estimate of drug-likeness (QED) is 0.817. The van der Waals surface area contributed by atoms with E-state index in [4.69, 9.17) is 5.73 Å². The Morgan fingerprint density at radius 2 is 2.14 bits per heavy atom. The van der Waals surface area contributed by atoms with Gasteiger partial charge >= 0.3 is 0 Å². The zero-order valence-corrected chi connectivity index (χ0v) is 10.0. The monoisotopic (exact) mass is 253 g/mol. The minimum atomic E-state index is 0.355. The molecule has 2 atom stereocenters. The van der Waals surface area contributed by atoms with Crippen LogP contribution in [0.4, 0.5) is 0 Å². The molecule has 0 heterocycles. The van der Waals surface area contributed by atoms with E-state index in [0.717, 1.165) is 0 Å².